The standard InChI is InChI=1S/C13H16N8/c14-6-10-12(16)21(11-7-17-3-4-18-11)19-13(10)20-5-1-2-9(15)8-20/h3-4,7,9H,1-2,5,8,15-16H2. The first-order valence-electron chi connectivity index (χ1n) is 6.76. The predicted molar refractivity (Wildman–Crippen MR) is 77.7 cm³/mol. The number of piperidine rings is 1. The maximum Gasteiger partial charge on any atom is 0.174 e. The van der Waals surface area contributed by atoms with Crippen LogP contribution < -0.4 is 16.4 Å². The van der Waals surface area contributed by atoms with Gasteiger partial charge in [0.05, 0.1) is 6.20 Å². The fourth-order valence-corrected chi connectivity index (χ4v) is 2.53. The molecule has 0 aliphatic carbocycles. The highest BCUT2D eigenvalue weighted by molar-refractivity contribution is 5.66. The van der Waals surface area contributed by atoms with E-state index in [0.29, 0.717) is 23.7 Å². The van der Waals surface area contributed by atoms with Gasteiger partial charge in [0, 0.05) is 31.5 Å². The number of hydrogen-bond acceptors (Lipinski definition) is 7. The minimum atomic E-state index is 0.0909. The number of anilines is 2. The first kappa shape index (κ1) is 13.3. The van der Waals surface area contributed by atoms with Gasteiger partial charge in [0.25, 0.3) is 0 Å². The van der Waals surface area contributed by atoms with Crippen molar-refractivity contribution >= 4 is 11.6 Å². The molecule has 1 aliphatic rings. The lowest BCUT2D eigenvalue weighted by atomic mass is 10.1. The predicted octanol–water partition coefficient (Wildman–Crippen LogP) is 0.0437. The fraction of sp³-hybridized carbons (Fsp3) is 0.385. The summed E-state index contributed by atoms with van der Waals surface area (Å²) in [7, 11) is 0. The quantitative estimate of drug-likeness (QED) is 0.798. The minimum Gasteiger partial charge on any atom is -0.382 e. The Morgan fingerprint density at radius 2 is 2.24 bits per heavy atom. The van der Waals surface area contributed by atoms with Crippen molar-refractivity contribution in [3.05, 3.63) is 24.2 Å². The van der Waals surface area contributed by atoms with E-state index in [1.54, 1.807) is 18.6 Å². The second-order valence-electron chi connectivity index (χ2n) is 5.02. The van der Waals surface area contributed by atoms with Gasteiger partial charge in [0.1, 0.15) is 17.5 Å². The van der Waals surface area contributed by atoms with Gasteiger partial charge in [-0.25, -0.2) is 4.98 Å². The van der Waals surface area contributed by atoms with Crippen LogP contribution in [-0.4, -0.2) is 38.9 Å². The van der Waals surface area contributed by atoms with E-state index in [0.717, 1.165) is 19.4 Å². The van der Waals surface area contributed by atoms with E-state index in [4.69, 9.17) is 11.5 Å². The number of rotatable bonds is 2. The van der Waals surface area contributed by atoms with Gasteiger partial charge in [-0.2, -0.15) is 9.94 Å². The molecule has 108 valence electrons. The van der Waals surface area contributed by atoms with E-state index in [9.17, 15) is 5.26 Å². The zero-order valence-electron chi connectivity index (χ0n) is 11.5. The van der Waals surface area contributed by atoms with E-state index < -0.39 is 0 Å². The summed E-state index contributed by atoms with van der Waals surface area (Å²) in [5.74, 6) is 1.32. The molecular weight excluding hydrogens is 268 g/mol. The molecule has 8 nitrogen and oxygen atoms in total. The molecule has 3 heterocycles. The maximum absolute atomic E-state index is 9.38. The molecule has 21 heavy (non-hydrogen) atoms. The minimum absolute atomic E-state index is 0.0909. The van der Waals surface area contributed by atoms with E-state index in [1.165, 1.54) is 4.68 Å². The van der Waals surface area contributed by atoms with E-state index >= 15 is 0 Å². The first-order valence-corrected chi connectivity index (χ1v) is 6.76. The molecule has 1 saturated heterocycles. The van der Waals surface area contributed by atoms with Gasteiger partial charge >= 0.3 is 0 Å². The van der Waals surface area contributed by atoms with Gasteiger partial charge in [-0.15, -0.1) is 5.10 Å². The Balaban J connectivity index is 2.04. The molecule has 1 unspecified atom stereocenters. The van der Waals surface area contributed by atoms with Crippen LogP contribution >= 0.6 is 0 Å². The highest BCUT2D eigenvalue weighted by Crippen LogP contribution is 2.28. The maximum atomic E-state index is 9.38. The van der Waals surface area contributed by atoms with Crippen LogP contribution in [0.1, 0.15) is 18.4 Å². The average Bonchev–Trinajstić information content (AvgIpc) is 2.85. The van der Waals surface area contributed by atoms with Gasteiger partial charge in [-0.05, 0) is 12.8 Å². The monoisotopic (exact) mass is 284 g/mol. The normalized spacial score (nSPS) is 18.5. The van der Waals surface area contributed by atoms with E-state index in [-0.39, 0.29) is 11.9 Å². The molecule has 0 saturated carbocycles. The summed E-state index contributed by atoms with van der Waals surface area (Å²) in [6, 6.07) is 2.22. The Morgan fingerprint density at radius 1 is 1.38 bits per heavy atom. The molecule has 0 amide bonds. The SMILES string of the molecule is N#Cc1c(N2CCCC(N)C2)nn(-c2cnccn2)c1N. The van der Waals surface area contributed by atoms with Crippen molar-refractivity contribution in [1.29, 1.82) is 5.26 Å². The Morgan fingerprint density at radius 3 is 2.90 bits per heavy atom. The van der Waals surface area contributed by atoms with Crippen LogP contribution in [0.15, 0.2) is 18.6 Å². The van der Waals surface area contributed by atoms with Crippen LogP contribution in [0.2, 0.25) is 0 Å². The first-order chi connectivity index (χ1) is 10.2. The number of hydrogen-bond donors (Lipinski definition) is 2. The Bertz CT molecular complexity index is 671. The van der Waals surface area contributed by atoms with Gasteiger partial charge in [-0.1, -0.05) is 0 Å². The van der Waals surface area contributed by atoms with Crippen molar-refractivity contribution in [2.75, 3.05) is 23.7 Å². The van der Waals surface area contributed by atoms with Gasteiger partial charge in [0.15, 0.2) is 11.6 Å². The van der Waals surface area contributed by atoms with Crippen LogP contribution in [0.25, 0.3) is 5.82 Å². The van der Waals surface area contributed by atoms with Crippen molar-refractivity contribution < 1.29 is 0 Å². The molecule has 8 heteroatoms. The molecule has 4 N–H and O–H groups in total. The second kappa shape index (κ2) is 5.38. The molecule has 2 aromatic rings. The third-order valence-electron chi connectivity index (χ3n) is 3.54. The molecule has 1 atom stereocenters. The van der Waals surface area contributed by atoms with Crippen LogP contribution in [-0.2, 0) is 0 Å². The third kappa shape index (κ3) is 2.39. The fourth-order valence-electron chi connectivity index (χ4n) is 2.53. The van der Waals surface area contributed by atoms with Crippen LogP contribution in [0.4, 0.5) is 11.6 Å². The van der Waals surface area contributed by atoms with Crippen molar-refractivity contribution in [2.24, 2.45) is 5.73 Å². The smallest absolute Gasteiger partial charge is 0.174 e. The molecule has 0 radical (unpaired) electrons. The molecule has 1 aliphatic heterocycles. The summed E-state index contributed by atoms with van der Waals surface area (Å²) in [6.45, 7) is 1.49. The lowest BCUT2D eigenvalue weighted by Gasteiger charge is -2.30. The molecular formula is C13H16N8. The highest BCUT2D eigenvalue weighted by Gasteiger charge is 2.25. The van der Waals surface area contributed by atoms with Crippen LogP contribution in [0.5, 0.6) is 0 Å². The van der Waals surface area contributed by atoms with Crippen LogP contribution in [0, 0.1) is 11.3 Å². The van der Waals surface area contributed by atoms with E-state index in [2.05, 4.69) is 21.1 Å². The molecule has 3 rings (SSSR count). The lowest BCUT2D eigenvalue weighted by Crippen LogP contribution is -2.43. The number of nitrogen functional groups attached to an aromatic ring is 1. The summed E-state index contributed by atoms with van der Waals surface area (Å²) >= 11 is 0. The van der Waals surface area contributed by atoms with Crippen LogP contribution in [0.3, 0.4) is 0 Å². The Kier molecular flexibility index (Phi) is 3.41. The largest absolute Gasteiger partial charge is 0.382 e. The third-order valence-corrected chi connectivity index (χ3v) is 3.54. The van der Waals surface area contributed by atoms with E-state index in [1.807, 2.05) is 4.90 Å². The summed E-state index contributed by atoms with van der Waals surface area (Å²) in [5, 5.41) is 13.8. The zero-order valence-corrected chi connectivity index (χ0v) is 11.5. The summed E-state index contributed by atoms with van der Waals surface area (Å²) in [5.41, 5.74) is 12.4. The summed E-state index contributed by atoms with van der Waals surface area (Å²) in [4.78, 5) is 10.2. The highest BCUT2D eigenvalue weighted by atomic mass is 15.4. The average molecular weight is 284 g/mol. The van der Waals surface area contributed by atoms with Gasteiger partial charge in [0.2, 0.25) is 0 Å². The van der Waals surface area contributed by atoms with Gasteiger partial charge < -0.3 is 16.4 Å². The lowest BCUT2D eigenvalue weighted by molar-refractivity contribution is 0.502. The Hall–Kier alpha value is -2.66. The number of aromatic nitrogens is 4. The van der Waals surface area contributed by atoms with Crippen molar-refractivity contribution in [3.8, 4) is 11.9 Å². The molecule has 1 fully saturated rings. The van der Waals surface area contributed by atoms with Gasteiger partial charge in [-0.3, -0.25) is 4.98 Å². The number of nitrogens with zero attached hydrogens (tertiary/aromatic N) is 6. The van der Waals surface area contributed by atoms with Crippen molar-refractivity contribution in [1.82, 2.24) is 19.7 Å². The number of nitriles is 1. The van der Waals surface area contributed by atoms with Crippen molar-refractivity contribution in [3.63, 3.8) is 0 Å². The Labute approximate surface area is 122 Å². The molecule has 2 aromatic heterocycles. The topological polar surface area (TPSA) is 123 Å². The molecule has 0 aromatic carbocycles. The molecule has 0 spiro atoms. The number of nitrogens with two attached hydrogens (primary N) is 2. The second-order valence-corrected chi connectivity index (χ2v) is 5.02. The van der Waals surface area contributed by atoms with Crippen molar-refractivity contribution in [2.45, 2.75) is 18.9 Å². The summed E-state index contributed by atoms with van der Waals surface area (Å²) < 4.78 is 1.45. The molecule has 0 bridgehead atoms. The zero-order chi connectivity index (χ0) is 14.8. The summed E-state index contributed by atoms with van der Waals surface area (Å²) in [6.07, 6.45) is 6.64.